The Morgan fingerprint density at radius 3 is 1.28 bits per heavy atom. The van der Waals surface area contributed by atoms with Crippen LogP contribution >= 0.6 is 0 Å². The molecule has 0 amide bonds. The Balaban J connectivity index is 1.24. The van der Waals surface area contributed by atoms with Crippen molar-refractivity contribution in [3.05, 3.63) is 224 Å². The quantitative estimate of drug-likeness (QED) is 0.158. The van der Waals surface area contributed by atoms with Crippen molar-refractivity contribution in [2.45, 2.75) is 0 Å². The maximum absolute atomic E-state index is 2.53. The molecule has 0 spiro atoms. The third-order valence-electron chi connectivity index (χ3n) is 11.7. The van der Waals surface area contributed by atoms with Gasteiger partial charge in [0.05, 0.1) is 0 Å². The summed E-state index contributed by atoms with van der Waals surface area (Å²) in [6, 6.07) is 82.0. The molecule has 0 bridgehead atoms. The molecule has 2 aliphatic heterocycles. The first-order valence-corrected chi connectivity index (χ1v) is 19.7. The number of benzene rings is 9. The molecule has 0 radical (unpaired) electrons. The lowest BCUT2D eigenvalue weighted by Gasteiger charge is -2.44. The van der Waals surface area contributed by atoms with Crippen LogP contribution in [0.3, 0.4) is 0 Å². The Labute approximate surface area is 334 Å². The van der Waals surface area contributed by atoms with Gasteiger partial charge in [0.25, 0.3) is 6.71 Å². The Hall–Kier alpha value is -7.36. The van der Waals surface area contributed by atoms with E-state index in [2.05, 4.69) is 234 Å². The number of rotatable bonds is 6. The highest BCUT2D eigenvalue weighted by molar-refractivity contribution is 7.00. The summed E-state index contributed by atoms with van der Waals surface area (Å²) in [5.41, 5.74) is 20.6. The van der Waals surface area contributed by atoms with E-state index in [1.54, 1.807) is 0 Å². The van der Waals surface area contributed by atoms with Gasteiger partial charge >= 0.3 is 0 Å². The fourth-order valence-electron chi connectivity index (χ4n) is 9.17. The molecule has 11 rings (SSSR count). The van der Waals surface area contributed by atoms with Crippen molar-refractivity contribution in [1.82, 2.24) is 0 Å². The molecule has 0 aliphatic carbocycles. The summed E-state index contributed by atoms with van der Waals surface area (Å²) in [6.07, 6.45) is 0. The monoisotopic (exact) mass is 724 g/mol. The van der Waals surface area contributed by atoms with Gasteiger partial charge in [-0.25, -0.2) is 0 Å². The van der Waals surface area contributed by atoms with Crippen LogP contribution in [0.25, 0.3) is 44.5 Å². The molecule has 0 aromatic heterocycles. The topological polar surface area (TPSA) is 6.48 Å². The van der Waals surface area contributed by atoms with Gasteiger partial charge in [-0.15, -0.1) is 0 Å². The fourth-order valence-corrected chi connectivity index (χ4v) is 9.17. The van der Waals surface area contributed by atoms with Gasteiger partial charge in [0.15, 0.2) is 0 Å². The number of fused-ring (bicyclic) bond motifs is 4. The second kappa shape index (κ2) is 13.7. The van der Waals surface area contributed by atoms with Crippen molar-refractivity contribution in [3.8, 4) is 44.5 Å². The maximum Gasteiger partial charge on any atom is 0.252 e. The van der Waals surface area contributed by atoms with E-state index >= 15 is 0 Å². The molecule has 0 saturated heterocycles. The van der Waals surface area contributed by atoms with Gasteiger partial charge in [-0.3, -0.25) is 0 Å². The normalized spacial score (nSPS) is 12.5. The Bertz CT molecular complexity index is 2890. The zero-order chi connectivity index (χ0) is 37.7. The summed E-state index contributed by atoms with van der Waals surface area (Å²) >= 11 is 0. The van der Waals surface area contributed by atoms with Crippen LogP contribution in [0, 0.1) is 0 Å². The Morgan fingerprint density at radius 1 is 0.263 bits per heavy atom. The smallest absolute Gasteiger partial charge is 0.252 e. The molecular formula is C54H37BN2. The molecule has 3 heteroatoms. The van der Waals surface area contributed by atoms with Crippen LogP contribution in [-0.2, 0) is 0 Å². The van der Waals surface area contributed by atoms with Crippen LogP contribution in [0.4, 0.5) is 34.1 Å². The first kappa shape index (κ1) is 33.0. The number of nitrogens with zero attached hydrogens (tertiary/aromatic N) is 2. The number of anilines is 6. The van der Waals surface area contributed by atoms with Crippen LogP contribution in [0.5, 0.6) is 0 Å². The van der Waals surface area contributed by atoms with Crippen LogP contribution in [0.15, 0.2) is 224 Å². The minimum atomic E-state index is 0.0167. The van der Waals surface area contributed by atoms with E-state index in [1.165, 1.54) is 83.6 Å². The van der Waals surface area contributed by atoms with E-state index in [4.69, 9.17) is 0 Å². The molecule has 0 N–H and O–H groups in total. The third kappa shape index (κ3) is 5.51. The van der Waals surface area contributed by atoms with Gasteiger partial charge in [0.2, 0.25) is 0 Å². The maximum atomic E-state index is 2.53. The summed E-state index contributed by atoms with van der Waals surface area (Å²) in [7, 11) is 0. The highest BCUT2D eigenvalue weighted by Gasteiger charge is 2.43. The Morgan fingerprint density at radius 2 is 0.702 bits per heavy atom. The van der Waals surface area contributed by atoms with Gasteiger partial charge < -0.3 is 9.80 Å². The van der Waals surface area contributed by atoms with E-state index in [0.717, 1.165) is 11.4 Å². The van der Waals surface area contributed by atoms with E-state index in [0.29, 0.717) is 0 Å². The largest absolute Gasteiger partial charge is 0.311 e. The number of para-hydroxylation sites is 2. The average Bonchev–Trinajstić information content (AvgIpc) is 3.30. The molecule has 2 aliphatic rings. The van der Waals surface area contributed by atoms with Crippen molar-refractivity contribution in [1.29, 1.82) is 0 Å². The average molecular weight is 725 g/mol. The molecule has 9 aromatic carbocycles. The molecule has 0 saturated carbocycles. The van der Waals surface area contributed by atoms with Crippen molar-refractivity contribution in [2.24, 2.45) is 0 Å². The molecule has 266 valence electrons. The van der Waals surface area contributed by atoms with E-state index < -0.39 is 0 Å². The SMILES string of the molecule is c1ccc(-c2ccc(N3c4cc(-c5ccccc5)c(-c5ccccc5)cc4B4c5ccccc5N(c5ccccc5)c5cccc3c54)cc2-c2ccccc2)cc1. The molecular weight excluding hydrogens is 687 g/mol. The minimum Gasteiger partial charge on any atom is -0.311 e. The first-order valence-electron chi connectivity index (χ1n) is 19.7. The zero-order valence-electron chi connectivity index (χ0n) is 31.3. The van der Waals surface area contributed by atoms with Gasteiger partial charge in [-0.1, -0.05) is 176 Å². The van der Waals surface area contributed by atoms with Crippen LogP contribution in [-0.4, -0.2) is 6.71 Å². The van der Waals surface area contributed by atoms with Gasteiger partial charge in [-0.05, 0) is 109 Å². The van der Waals surface area contributed by atoms with E-state index in [1.807, 2.05) is 0 Å². The van der Waals surface area contributed by atoms with Crippen LogP contribution in [0.2, 0.25) is 0 Å². The molecule has 2 nitrogen and oxygen atoms in total. The standard InChI is InChI=1S/C54H37BN2/c1-6-19-38(20-7-1)44-34-33-43(35-45(44)39-21-8-2-9-22-39)57-52-32-18-31-51-54(52)55(48-29-16-17-30-50(48)56(51)42-27-14-5-15-28-42)49-36-46(40-23-10-3-11-24-40)47(37-53(49)57)41-25-12-4-13-26-41/h1-37H. The highest BCUT2D eigenvalue weighted by Crippen LogP contribution is 2.47. The number of hydrogen-bond donors (Lipinski definition) is 0. The van der Waals surface area contributed by atoms with Crippen molar-refractivity contribution in [2.75, 3.05) is 9.80 Å². The van der Waals surface area contributed by atoms with E-state index in [-0.39, 0.29) is 6.71 Å². The lowest BCUT2D eigenvalue weighted by Crippen LogP contribution is -2.61. The number of hydrogen-bond acceptors (Lipinski definition) is 2. The summed E-state index contributed by atoms with van der Waals surface area (Å²) in [4.78, 5) is 4.99. The van der Waals surface area contributed by atoms with Crippen LogP contribution < -0.4 is 26.2 Å². The predicted octanol–water partition coefficient (Wildman–Crippen LogP) is 12.4. The molecule has 0 unspecified atom stereocenters. The van der Waals surface area contributed by atoms with E-state index in [9.17, 15) is 0 Å². The van der Waals surface area contributed by atoms with Crippen molar-refractivity contribution in [3.63, 3.8) is 0 Å². The predicted molar refractivity (Wildman–Crippen MR) is 242 cm³/mol. The second-order valence-electron chi connectivity index (χ2n) is 14.9. The summed E-state index contributed by atoms with van der Waals surface area (Å²) in [5.74, 6) is 0. The molecule has 9 aromatic rings. The summed E-state index contributed by atoms with van der Waals surface area (Å²) in [6.45, 7) is 0.0167. The molecule has 57 heavy (non-hydrogen) atoms. The third-order valence-corrected chi connectivity index (χ3v) is 11.7. The second-order valence-corrected chi connectivity index (χ2v) is 14.9. The zero-order valence-corrected chi connectivity index (χ0v) is 31.3. The highest BCUT2D eigenvalue weighted by atomic mass is 15.2. The summed E-state index contributed by atoms with van der Waals surface area (Å²) < 4.78 is 0. The summed E-state index contributed by atoms with van der Waals surface area (Å²) in [5, 5.41) is 0. The fraction of sp³-hybridized carbons (Fsp3) is 0. The lowest BCUT2D eigenvalue weighted by atomic mass is 9.33. The van der Waals surface area contributed by atoms with Crippen molar-refractivity contribution >= 4 is 57.2 Å². The first-order chi connectivity index (χ1) is 28.3. The van der Waals surface area contributed by atoms with Crippen LogP contribution in [0.1, 0.15) is 0 Å². The lowest BCUT2D eigenvalue weighted by molar-refractivity contribution is 1.25. The minimum absolute atomic E-state index is 0.0167. The van der Waals surface area contributed by atoms with Gasteiger partial charge in [0, 0.05) is 34.1 Å². The molecule has 0 atom stereocenters. The van der Waals surface area contributed by atoms with Gasteiger partial charge in [0.1, 0.15) is 0 Å². The van der Waals surface area contributed by atoms with Crippen molar-refractivity contribution < 1.29 is 0 Å². The molecule has 0 fully saturated rings. The Kier molecular flexibility index (Phi) is 7.96. The molecule has 2 heterocycles. The van der Waals surface area contributed by atoms with Gasteiger partial charge in [-0.2, -0.15) is 0 Å².